The Kier molecular flexibility index (Phi) is 5.17. The van der Waals surface area contributed by atoms with Gasteiger partial charge in [-0.15, -0.1) is 0 Å². The minimum absolute atomic E-state index is 0.0293. The van der Waals surface area contributed by atoms with Gasteiger partial charge in [0.1, 0.15) is 12.4 Å². The van der Waals surface area contributed by atoms with Gasteiger partial charge >= 0.3 is 0 Å². The Labute approximate surface area is 110 Å². The molecule has 0 aliphatic heterocycles. The fourth-order valence-electron chi connectivity index (χ4n) is 1.79. The summed E-state index contributed by atoms with van der Waals surface area (Å²) in [6.07, 6.45) is 0. The third-order valence-electron chi connectivity index (χ3n) is 3.01. The molecule has 3 heteroatoms. The summed E-state index contributed by atoms with van der Waals surface area (Å²) >= 11 is 0. The smallest absolute Gasteiger partial charge is 0.123 e. The summed E-state index contributed by atoms with van der Waals surface area (Å²) < 4.78 is 5.87. The average molecular weight is 251 g/mol. The number of ether oxygens (including phenoxy) is 1. The van der Waals surface area contributed by atoms with Gasteiger partial charge in [0, 0.05) is 0 Å². The molecule has 1 aromatic rings. The molecule has 2 N–H and O–H groups in total. The molecule has 0 saturated heterocycles. The molecule has 0 fully saturated rings. The van der Waals surface area contributed by atoms with Crippen molar-refractivity contribution in [3.05, 3.63) is 29.3 Å². The van der Waals surface area contributed by atoms with Crippen LogP contribution in [0.1, 0.15) is 31.9 Å². The van der Waals surface area contributed by atoms with Crippen molar-refractivity contribution < 1.29 is 9.84 Å². The lowest BCUT2D eigenvalue weighted by atomic mass is 9.86. The van der Waals surface area contributed by atoms with E-state index in [4.69, 9.17) is 9.84 Å². The van der Waals surface area contributed by atoms with Gasteiger partial charge in [-0.05, 0) is 36.6 Å². The predicted octanol–water partition coefficient (Wildman–Crippen LogP) is 2.25. The highest BCUT2D eigenvalue weighted by Crippen LogP contribution is 2.32. The average Bonchev–Trinajstić information content (AvgIpc) is 2.28. The van der Waals surface area contributed by atoms with E-state index >= 15 is 0 Å². The van der Waals surface area contributed by atoms with E-state index in [0.29, 0.717) is 6.61 Å². The van der Waals surface area contributed by atoms with Crippen LogP contribution in [-0.4, -0.2) is 31.4 Å². The second-order valence-corrected chi connectivity index (χ2v) is 5.73. The zero-order chi connectivity index (χ0) is 13.8. The number of aryl methyl sites for hydroxylation is 1. The van der Waals surface area contributed by atoms with E-state index in [2.05, 4.69) is 51.2 Å². The molecule has 3 nitrogen and oxygen atoms in total. The standard InChI is InChI=1S/C15H25NO2/c1-11-6-7-13(15(2,3)4)14(8-11)18-10-12(9-17)16-5/h6-8,12,16-17H,9-10H2,1-5H3. The van der Waals surface area contributed by atoms with Crippen molar-refractivity contribution in [2.45, 2.75) is 39.2 Å². The lowest BCUT2D eigenvalue weighted by molar-refractivity contribution is 0.187. The number of benzene rings is 1. The predicted molar refractivity (Wildman–Crippen MR) is 75.3 cm³/mol. The van der Waals surface area contributed by atoms with E-state index < -0.39 is 0 Å². The number of rotatable bonds is 5. The van der Waals surface area contributed by atoms with Crippen LogP contribution in [0.4, 0.5) is 0 Å². The minimum atomic E-state index is -0.0293. The molecule has 1 atom stereocenters. The molecule has 0 radical (unpaired) electrons. The molecule has 0 aromatic heterocycles. The molecule has 0 aliphatic rings. The zero-order valence-electron chi connectivity index (χ0n) is 12.1. The van der Waals surface area contributed by atoms with Gasteiger partial charge in [0.25, 0.3) is 0 Å². The van der Waals surface area contributed by atoms with Gasteiger partial charge < -0.3 is 15.2 Å². The molecule has 0 saturated carbocycles. The van der Waals surface area contributed by atoms with Crippen molar-refractivity contribution in [1.82, 2.24) is 5.32 Å². The van der Waals surface area contributed by atoms with Crippen LogP contribution in [0, 0.1) is 6.92 Å². The first-order valence-electron chi connectivity index (χ1n) is 6.40. The van der Waals surface area contributed by atoms with Crippen LogP contribution in [0.2, 0.25) is 0 Å². The minimum Gasteiger partial charge on any atom is -0.492 e. The van der Waals surface area contributed by atoms with Crippen LogP contribution in [0.25, 0.3) is 0 Å². The van der Waals surface area contributed by atoms with Crippen LogP contribution >= 0.6 is 0 Å². The molecule has 1 aromatic carbocycles. The van der Waals surface area contributed by atoms with E-state index in [9.17, 15) is 0 Å². The summed E-state index contributed by atoms with van der Waals surface area (Å²) in [5.74, 6) is 0.913. The van der Waals surface area contributed by atoms with Crippen molar-refractivity contribution in [1.29, 1.82) is 0 Å². The second kappa shape index (κ2) is 6.21. The Bertz CT molecular complexity index is 379. The summed E-state index contributed by atoms with van der Waals surface area (Å²) in [6, 6.07) is 6.26. The number of nitrogens with one attached hydrogen (secondary N) is 1. The van der Waals surface area contributed by atoms with Crippen molar-refractivity contribution in [2.24, 2.45) is 0 Å². The maximum atomic E-state index is 9.15. The fourth-order valence-corrected chi connectivity index (χ4v) is 1.79. The lowest BCUT2D eigenvalue weighted by Gasteiger charge is -2.24. The van der Waals surface area contributed by atoms with Gasteiger partial charge in [-0.1, -0.05) is 32.9 Å². The van der Waals surface area contributed by atoms with Crippen molar-refractivity contribution >= 4 is 0 Å². The number of likely N-dealkylation sites (N-methyl/N-ethyl adjacent to an activating group) is 1. The summed E-state index contributed by atoms with van der Waals surface area (Å²) in [5.41, 5.74) is 2.43. The van der Waals surface area contributed by atoms with Gasteiger partial charge in [-0.25, -0.2) is 0 Å². The van der Waals surface area contributed by atoms with Crippen LogP contribution < -0.4 is 10.1 Å². The number of hydrogen-bond acceptors (Lipinski definition) is 3. The molecule has 0 aliphatic carbocycles. The summed E-state index contributed by atoms with van der Waals surface area (Å²) in [5, 5.41) is 12.2. The van der Waals surface area contributed by atoms with E-state index in [-0.39, 0.29) is 18.1 Å². The van der Waals surface area contributed by atoms with Crippen molar-refractivity contribution in [2.75, 3.05) is 20.3 Å². The molecule has 0 spiro atoms. The first-order chi connectivity index (χ1) is 8.38. The molecule has 1 rings (SSSR count). The van der Waals surface area contributed by atoms with Crippen LogP contribution in [0.15, 0.2) is 18.2 Å². The number of aliphatic hydroxyl groups is 1. The monoisotopic (exact) mass is 251 g/mol. The highest BCUT2D eigenvalue weighted by atomic mass is 16.5. The SMILES string of the molecule is CNC(CO)COc1cc(C)ccc1C(C)(C)C. The lowest BCUT2D eigenvalue weighted by Crippen LogP contribution is -2.35. The van der Waals surface area contributed by atoms with Crippen LogP contribution in [0.3, 0.4) is 0 Å². The normalized spacial score (nSPS) is 13.4. The molecule has 1 unspecified atom stereocenters. The maximum absolute atomic E-state index is 9.15. The van der Waals surface area contributed by atoms with Gasteiger partial charge in [-0.2, -0.15) is 0 Å². The topological polar surface area (TPSA) is 41.5 Å². The van der Waals surface area contributed by atoms with E-state index in [1.807, 2.05) is 7.05 Å². The Morgan fingerprint density at radius 3 is 2.50 bits per heavy atom. The van der Waals surface area contributed by atoms with Crippen molar-refractivity contribution in [3.8, 4) is 5.75 Å². The van der Waals surface area contributed by atoms with Crippen LogP contribution in [-0.2, 0) is 5.41 Å². The largest absolute Gasteiger partial charge is 0.492 e. The van der Waals surface area contributed by atoms with E-state index in [1.54, 1.807) is 0 Å². The molecular weight excluding hydrogens is 226 g/mol. The molecule has 0 amide bonds. The maximum Gasteiger partial charge on any atom is 0.123 e. The Balaban J connectivity index is 2.89. The number of hydrogen-bond donors (Lipinski definition) is 2. The summed E-state index contributed by atoms with van der Waals surface area (Å²) in [4.78, 5) is 0. The number of aliphatic hydroxyl groups excluding tert-OH is 1. The van der Waals surface area contributed by atoms with Gasteiger partial charge in [0.15, 0.2) is 0 Å². The molecule has 0 bridgehead atoms. The summed E-state index contributed by atoms with van der Waals surface area (Å²) in [6.45, 7) is 9.12. The Morgan fingerprint density at radius 2 is 2.00 bits per heavy atom. The van der Waals surface area contributed by atoms with Crippen LogP contribution in [0.5, 0.6) is 5.75 Å². The van der Waals surface area contributed by atoms with Gasteiger partial charge in [0.05, 0.1) is 12.6 Å². The molecule has 102 valence electrons. The highest BCUT2D eigenvalue weighted by molar-refractivity contribution is 5.41. The first kappa shape index (κ1) is 15.0. The molecule has 0 heterocycles. The van der Waals surface area contributed by atoms with Gasteiger partial charge in [0.2, 0.25) is 0 Å². The highest BCUT2D eigenvalue weighted by Gasteiger charge is 2.19. The third-order valence-corrected chi connectivity index (χ3v) is 3.01. The third kappa shape index (κ3) is 4.00. The second-order valence-electron chi connectivity index (χ2n) is 5.73. The zero-order valence-corrected chi connectivity index (χ0v) is 12.1. The Morgan fingerprint density at radius 1 is 1.33 bits per heavy atom. The van der Waals surface area contributed by atoms with E-state index in [0.717, 1.165) is 5.75 Å². The summed E-state index contributed by atoms with van der Waals surface area (Å²) in [7, 11) is 1.82. The quantitative estimate of drug-likeness (QED) is 0.843. The van der Waals surface area contributed by atoms with Gasteiger partial charge in [-0.3, -0.25) is 0 Å². The van der Waals surface area contributed by atoms with Crippen molar-refractivity contribution in [3.63, 3.8) is 0 Å². The van der Waals surface area contributed by atoms with E-state index in [1.165, 1.54) is 11.1 Å². The Hall–Kier alpha value is -1.06. The molecule has 18 heavy (non-hydrogen) atoms. The molecular formula is C15H25NO2. The fraction of sp³-hybridized carbons (Fsp3) is 0.600. The first-order valence-corrected chi connectivity index (χ1v) is 6.40.